The average molecular weight is 352 g/mol. The monoisotopic (exact) mass is 352 g/mol. The third-order valence-corrected chi connectivity index (χ3v) is 4.05. The van der Waals surface area contributed by atoms with Gasteiger partial charge in [-0.15, -0.1) is 0 Å². The van der Waals surface area contributed by atoms with Crippen LogP contribution in [0.3, 0.4) is 0 Å². The van der Waals surface area contributed by atoms with Crippen LogP contribution in [0, 0.1) is 0 Å². The molecule has 1 aromatic heterocycles. The van der Waals surface area contributed by atoms with E-state index in [9.17, 15) is 0 Å². The molecule has 136 valence electrons. The molecular formula is C21H24N2O3. The number of hydrogen-bond acceptors (Lipinski definition) is 5. The second-order valence-corrected chi connectivity index (χ2v) is 6.06. The predicted molar refractivity (Wildman–Crippen MR) is 101 cm³/mol. The Morgan fingerprint density at radius 1 is 1.04 bits per heavy atom. The SMILES string of the molecule is CCOc1ccccc1CN(C)Cc1ncc(-c2ccc(OC)cc2)o1. The highest BCUT2D eigenvalue weighted by Gasteiger charge is 2.11. The van der Waals surface area contributed by atoms with E-state index in [4.69, 9.17) is 13.9 Å². The van der Waals surface area contributed by atoms with Gasteiger partial charge in [-0.2, -0.15) is 0 Å². The molecule has 5 nitrogen and oxygen atoms in total. The van der Waals surface area contributed by atoms with Crippen LogP contribution in [0.15, 0.2) is 59.1 Å². The zero-order valence-corrected chi connectivity index (χ0v) is 15.4. The normalized spacial score (nSPS) is 10.9. The van der Waals surface area contributed by atoms with Gasteiger partial charge in [-0.25, -0.2) is 4.98 Å². The van der Waals surface area contributed by atoms with E-state index in [1.165, 1.54) is 0 Å². The van der Waals surface area contributed by atoms with Crippen LogP contribution in [-0.4, -0.2) is 30.6 Å². The molecule has 0 aliphatic carbocycles. The zero-order chi connectivity index (χ0) is 18.4. The highest BCUT2D eigenvalue weighted by atomic mass is 16.5. The molecule has 0 fully saturated rings. The van der Waals surface area contributed by atoms with Crippen molar-refractivity contribution in [2.45, 2.75) is 20.0 Å². The third-order valence-electron chi connectivity index (χ3n) is 4.05. The van der Waals surface area contributed by atoms with Crippen molar-refractivity contribution in [3.8, 4) is 22.8 Å². The molecule has 0 atom stereocenters. The second-order valence-electron chi connectivity index (χ2n) is 6.06. The molecule has 0 saturated carbocycles. The van der Waals surface area contributed by atoms with Gasteiger partial charge in [0, 0.05) is 17.7 Å². The molecule has 0 amide bonds. The van der Waals surface area contributed by atoms with Crippen LogP contribution in [0.1, 0.15) is 18.4 Å². The number of para-hydroxylation sites is 1. The molecule has 5 heteroatoms. The Labute approximate surface area is 154 Å². The molecule has 0 saturated heterocycles. The molecule has 0 radical (unpaired) electrons. The van der Waals surface area contributed by atoms with Crippen molar-refractivity contribution in [2.24, 2.45) is 0 Å². The van der Waals surface area contributed by atoms with Gasteiger partial charge >= 0.3 is 0 Å². The van der Waals surface area contributed by atoms with E-state index in [2.05, 4.69) is 16.0 Å². The van der Waals surface area contributed by atoms with Gasteiger partial charge < -0.3 is 13.9 Å². The van der Waals surface area contributed by atoms with Crippen LogP contribution >= 0.6 is 0 Å². The molecule has 2 aromatic carbocycles. The summed E-state index contributed by atoms with van der Waals surface area (Å²) in [6.07, 6.45) is 1.76. The zero-order valence-electron chi connectivity index (χ0n) is 15.4. The van der Waals surface area contributed by atoms with Gasteiger partial charge in [-0.1, -0.05) is 18.2 Å². The van der Waals surface area contributed by atoms with Crippen LogP contribution in [0.2, 0.25) is 0 Å². The van der Waals surface area contributed by atoms with E-state index in [-0.39, 0.29) is 0 Å². The fraction of sp³-hybridized carbons (Fsp3) is 0.286. The second kappa shape index (κ2) is 8.54. The third kappa shape index (κ3) is 4.43. The number of benzene rings is 2. The summed E-state index contributed by atoms with van der Waals surface area (Å²) in [5.74, 6) is 3.19. The summed E-state index contributed by atoms with van der Waals surface area (Å²) >= 11 is 0. The predicted octanol–water partition coefficient (Wildman–Crippen LogP) is 4.38. The Balaban J connectivity index is 1.65. The van der Waals surface area contributed by atoms with Gasteiger partial charge in [0.25, 0.3) is 0 Å². The van der Waals surface area contributed by atoms with Gasteiger partial charge in [0.05, 0.1) is 26.5 Å². The van der Waals surface area contributed by atoms with Crippen molar-refractivity contribution in [3.63, 3.8) is 0 Å². The van der Waals surface area contributed by atoms with Gasteiger partial charge in [0.1, 0.15) is 11.5 Å². The summed E-state index contributed by atoms with van der Waals surface area (Å²) in [6.45, 7) is 4.03. The summed E-state index contributed by atoms with van der Waals surface area (Å²) in [5, 5.41) is 0. The highest BCUT2D eigenvalue weighted by Crippen LogP contribution is 2.24. The molecule has 1 heterocycles. The first-order chi connectivity index (χ1) is 12.7. The minimum absolute atomic E-state index is 0.622. The van der Waals surface area contributed by atoms with Gasteiger partial charge in [-0.05, 0) is 44.3 Å². The van der Waals surface area contributed by atoms with Crippen LogP contribution in [0.25, 0.3) is 11.3 Å². The molecule has 0 aliphatic rings. The van der Waals surface area contributed by atoms with Crippen molar-refractivity contribution in [2.75, 3.05) is 20.8 Å². The van der Waals surface area contributed by atoms with Gasteiger partial charge in [0.2, 0.25) is 5.89 Å². The summed E-state index contributed by atoms with van der Waals surface area (Å²) in [6, 6.07) is 15.8. The van der Waals surface area contributed by atoms with Crippen molar-refractivity contribution in [3.05, 3.63) is 66.2 Å². The molecule has 0 bridgehead atoms. The van der Waals surface area contributed by atoms with Crippen LogP contribution < -0.4 is 9.47 Å². The number of methoxy groups -OCH3 is 1. The molecule has 26 heavy (non-hydrogen) atoms. The smallest absolute Gasteiger partial charge is 0.209 e. The van der Waals surface area contributed by atoms with Crippen molar-refractivity contribution < 1.29 is 13.9 Å². The minimum atomic E-state index is 0.622. The van der Waals surface area contributed by atoms with Crippen molar-refractivity contribution in [1.82, 2.24) is 9.88 Å². The minimum Gasteiger partial charge on any atom is -0.497 e. The van der Waals surface area contributed by atoms with E-state index in [0.29, 0.717) is 19.0 Å². The van der Waals surface area contributed by atoms with Crippen LogP contribution in [0.5, 0.6) is 11.5 Å². The van der Waals surface area contributed by atoms with E-state index in [1.807, 2.05) is 56.4 Å². The largest absolute Gasteiger partial charge is 0.497 e. The number of oxazole rings is 1. The Hall–Kier alpha value is -2.79. The Kier molecular flexibility index (Phi) is 5.92. The lowest BCUT2D eigenvalue weighted by atomic mass is 10.2. The Morgan fingerprint density at radius 3 is 2.54 bits per heavy atom. The summed E-state index contributed by atoms with van der Waals surface area (Å²) in [4.78, 5) is 6.56. The molecule has 0 unspecified atom stereocenters. The number of ether oxygens (including phenoxy) is 2. The molecule has 0 aliphatic heterocycles. The van der Waals surface area contributed by atoms with Crippen LogP contribution in [0.4, 0.5) is 0 Å². The fourth-order valence-corrected chi connectivity index (χ4v) is 2.78. The Morgan fingerprint density at radius 2 is 1.81 bits per heavy atom. The van der Waals surface area contributed by atoms with E-state index >= 15 is 0 Å². The lowest BCUT2D eigenvalue weighted by Gasteiger charge is -2.17. The number of aromatic nitrogens is 1. The van der Waals surface area contributed by atoms with E-state index < -0.39 is 0 Å². The molecule has 3 aromatic rings. The average Bonchev–Trinajstić information content (AvgIpc) is 3.12. The quantitative estimate of drug-likeness (QED) is 0.602. The molecule has 3 rings (SSSR count). The van der Waals surface area contributed by atoms with Crippen molar-refractivity contribution in [1.29, 1.82) is 0 Å². The van der Waals surface area contributed by atoms with Gasteiger partial charge in [-0.3, -0.25) is 4.90 Å². The van der Waals surface area contributed by atoms with Gasteiger partial charge in [0.15, 0.2) is 5.76 Å². The number of rotatable bonds is 8. The topological polar surface area (TPSA) is 47.7 Å². The lowest BCUT2D eigenvalue weighted by Crippen LogP contribution is -2.18. The first-order valence-electron chi connectivity index (χ1n) is 8.68. The summed E-state index contributed by atoms with van der Waals surface area (Å²) < 4.78 is 16.8. The van der Waals surface area contributed by atoms with Crippen molar-refractivity contribution >= 4 is 0 Å². The maximum atomic E-state index is 5.90. The first-order valence-corrected chi connectivity index (χ1v) is 8.68. The van der Waals surface area contributed by atoms with E-state index in [1.54, 1.807) is 13.3 Å². The number of nitrogens with zero attached hydrogens (tertiary/aromatic N) is 2. The Bertz CT molecular complexity index is 827. The highest BCUT2D eigenvalue weighted by molar-refractivity contribution is 5.57. The maximum absolute atomic E-state index is 5.90. The lowest BCUT2D eigenvalue weighted by molar-refractivity contribution is 0.273. The fourth-order valence-electron chi connectivity index (χ4n) is 2.78. The maximum Gasteiger partial charge on any atom is 0.209 e. The molecular weight excluding hydrogens is 328 g/mol. The van der Waals surface area contributed by atoms with E-state index in [0.717, 1.165) is 34.9 Å². The molecule has 0 N–H and O–H groups in total. The molecule has 0 spiro atoms. The number of hydrogen-bond donors (Lipinski definition) is 0. The first kappa shape index (κ1) is 18.0. The summed E-state index contributed by atoms with van der Waals surface area (Å²) in [5.41, 5.74) is 2.13. The van der Waals surface area contributed by atoms with Crippen LogP contribution in [-0.2, 0) is 13.1 Å². The standard InChI is InChI=1S/C21H24N2O3/c1-4-25-19-8-6-5-7-17(19)14-23(2)15-21-22-13-20(26-21)16-9-11-18(24-3)12-10-16/h5-13H,4,14-15H2,1-3H3. The summed E-state index contributed by atoms with van der Waals surface area (Å²) in [7, 11) is 3.70.